The number of hydrogen-bond acceptors (Lipinski definition) is 3. The summed E-state index contributed by atoms with van der Waals surface area (Å²) in [5, 5.41) is 6.14. The van der Waals surface area contributed by atoms with Crippen molar-refractivity contribution in [1.29, 1.82) is 0 Å². The Balaban J connectivity index is 1.58. The van der Waals surface area contributed by atoms with Crippen molar-refractivity contribution in [2.45, 2.75) is 20.4 Å². The van der Waals surface area contributed by atoms with Gasteiger partial charge in [-0.3, -0.25) is 4.79 Å². The highest BCUT2D eigenvalue weighted by molar-refractivity contribution is 6.03. The van der Waals surface area contributed by atoms with Gasteiger partial charge in [-0.25, -0.2) is 4.98 Å². The van der Waals surface area contributed by atoms with Gasteiger partial charge in [0, 0.05) is 12.1 Å². The number of aryl methyl sites for hydroxylation is 2. The van der Waals surface area contributed by atoms with E-state index < -0.39 is 0 Å². The summed E-state index contributed by atoms with van der Waals surface area (Å²) < 4.78 is 0. The Morgan fingerprint density at radius 1 is 0.960 bits per heavy atom. The Hall–Kier alpha value is -3.14. The zero-order chi connectivity index (χ0) is 17.6. The number of carbonyl (C=O) groups is 1. The van der Waals surface area contributed by atoms with Gasteiger partial charge >= 0.3 is 0 Å². The molecule has 1 amide bonds. The van der Waals surface area contributed by atoms with Crippen LogP contribution in [-0.4, -0.2) is 10.9 Å². The standard InChI is InChI=1S/C21H21N3O/c1-15-6-8-18(9-7-15)21(25)24-20-11-10-19(14-23-20)22-13-17-5-3-4-16(2)12-17/h3-12,14,22H,13H2,1-2H3,(H,23,24,25). The zero-order valence-electron chi connectivity index (χ0n) is 14.4. The summed E-state index contributed by atoms with van der Waals surface area (Å²) in [7, 11) is 0. The molecule has 0 aliphatic carbocycles. The van der Waals surface area contributed by atoms with Crippen LogP contribution in [0, 0.1) is 13.8 Å². The molecule has 1 aromatic heterocycles. The van der Waals surface area contributed by atoms with Crippen LogP contribution in [-0.2, 0) is 6.54 Å². The number of benzene rings is 2. The van der Waals surface area contributed by atoms with E-state index in [1.54, 1.807) is 12.3 Å². The number of aromatic nitrogens is 1. The second kappa shape index (κ2) is 7.62. The zero-order valence-corrected chi connectivity index (χ0v) is 14.4. The third kappa shape index (κ3) is 4.67. The van der Waals surface area contributed by atoms with Crippen LogP contribution < -0.4 is 10.6 Å². The third-order valence-electron chi connectivity index (χ3n) is 3.90. The Morgan fingerprint density at radius 3 is 2.44 bits per heavy atom. The van der Waals surface area contributed by atoms with Crippen molar-refractivity contribution in [3.63, 3.8) is 0 Å². The van der Waals surface area contributed by atoms with Crippen LogP contribution in [0.15, 0.2) is 66.9 Å². The average Bonchev–Trinajstić information content (AvgIpc) is 2.62. The van der Waals surface area contributed by atoms with Crippen LogP contribution >= 0.6 is 0 Å². The fraction of sp³-hybridized carbons (Fsp3) is 0.143. The second-order valence-corrected chi connectivity index (χ2v) is 6.09. The first-order valence-corrected chi connectivity index (χ1v) is 8.24. The first-order valence-electron chi connectivity index (χ1n) is 8.24. The van der Waals surface area contributed by atoms with E-state index in [1.165, 1.54) is 11.1 Å². The normalized spacial score (nSPS) is 10.3. The van der Waals surface area contributed by atoms with E-state index in [1.807, 2.05) is 43.3 Å². The van der Waals surface area contributed by atoms with Crippen LogP contribution in [0.25, 0.3) is 0 Å². The van der Waals surface area contributed by atoms with Gasteiger partial charge in [-0.15, -0.1) is 0 Å². The smallest absolute Gasteiger partial charge is 0.256 e. The maximum atomic E-state index is 12.2. The van der Waals surface area contributed by atoms with E-state index in [2.05, 4.69) is 40.7 Å². The molecule has 1 heterocycles. The quantitative estimate of drug-likeness (QED) is 0.720. The summed E-state index contributed by atoms with van der Waals surface area (Å²) in [5.41, 5.74) is 5.12. The molecular formula is C21H21N3O. The number of pyridine rings is 1. The summed E-state index contributed by atoms with van der Waals surface area (Å²) in [5.74, 6) is 0.375. The SMILES string of the molecule is Cc1ccc(C(=O)Nc2ccc(NCc3cccc(C)c3)cn2)cc1. The summed E-state index contributed by atoms with van der Waals surface area (Å²) in [6.45, 7) is 4.81. The number of rotatable bonds is 5. The highest BCUT2D eigenvalue weighted by Gasteiger charge is 2.06. The molecule has 0 saturated carbocycles. The fourth-order valence-corrected chi connectivity index (χ4v) is 2.49. The van der Waals surface area contributed by atoms with E-state index in [0.29, 0.717) is 11.4 Å². The van der Waals surface area contributed by atoms with Crippen molar-refractivity contribution in [2.24, 2.45) is 0 Å². The van der Waals surface area contributed by atoms with Gasteiger partial charge in [0.05, 0.1) is 11.9 Å². The van der Waals surface area contributed by atoms with Gasteiger partial charge < -0.3 is 10.6 Å². The summed E-state index contributed by atoms with van der Waals surface area (Å²) in [6, 6.07) is 19.5. The monoisotopic (exact) mass is 331 g/mol. The number of amides is 1. The Morgan fingerprint density at radius 2 is 1.76 bits per heavy atom. The lowest BCUT2D eigenvalue weighted by atomic mass is 10.1. The van der Waals surface area contributed by atoms with E-state index >= 15 is 0 Å². The van der Waals surface area contributed by atoms with Gasteiger partial charge in [-0.2, -0.15) is 0 Å². The first kappa shape index (κ1) is 16.7. The van der Waals surface area contributed by atoms with Crippen molar-refractivity contribution >= 4 is 17.4 Å². The molecule has 0 radical (unpaired) electrons. The average molecular weight is 331 g/mol. The van der Waals surface area contributed by atoms with Gasteiger partial charge in [0.15, 0.2) is 0 Å². The third-order valence-corrected chi connectivity index (χ3v) is 3.90. The molecule has 0 aliphatic rings. The maximum absolute atomic E-state index is 12.2. The summed E-state index contributed by atoms with van der Waals surface area (Å²) in [4.78, 5) is 16.5. The number of nitrogens with one attached hydrogen (secondary N) is 2. The largest absolute Gasteiger partial charge is 0.380 e. The van der Waals surface area contributed by atoms with Gasteiger partial charge in [0.1, 0.15) is 5.82 Å². The highest BCUT2D eigenvalue weighted by Crippen LogP contribution is 2.13. The molecule has 0 fully saturated rings. The van der Waals surface area contributed by atoms with Crippen LogP contribution in [0.3, 0.4) is 0 Å². The molecule has 0 saturated heterocycles. The van der Waals surface area contributed by atoms with Gasteiger partial charge in [-0.05, 0) is 43.7 Å². The molecular weight excluding hydrogens is 310 g/mol. The number of anilines is 2. The predicted octanol–water partition coefficient (Wildman–Crippen LogP) is 4.56. The molecule has 0 atom stereocenters. The molecule has 4 nitrogen and oxygen atoms in total. The van der Waals surface area contributed by atoms with Crippen molar-refractivity contribution in [3.05, 3.63) is 89.1 Å². The minimum Gasteiger partial charge on any atom is -0.380 e. The number of carbonyl (C=O) groups excluding carboxylic acids is 1. The summed E-state index contributed by atoms with van der Waals surface area (Å²) >= 11 is 0. The van der Waals surface area contributed by atoms with E-state index in [4.69, 9.17) is 0 Å². The molecule has 126 valence electrons. The molecule has 0 aliphatic heterocycles. The molecule has 0 unspecified atom stereocenters. The first-order chi connectivity index (χ1) is 12.1. The minimum absolute atomic E-state index is 0.159. The van der Waals surface area contributed by atoms with Crippen molar-refractivity contribution < 1.29 is 4.79 Å². The lowest BCUT2D eigenvalue weighted by molar-refractivity contribution is 0.102. The minimum atomic E-state index is -0.159. The van der Waals surface area contributed by atoms with Gasteiger partial charge in [0.2, 0.25) is 0 Å². The van der Waals surface area contributed by atoms with Crippen LogP contribution in [0.2, 0.25) is 0 Å². The Labute approximate surface area is 147 Å². The fourth-order valence-electron chi connectivity index (χ4n) is 2.49. The molecule has 25 heavy (non-hydrogen) atoms. The number of hydrogen-bond donors (Lipinski definition) is 2. The molecule has 3 aromatic rings. The van der Waals surface area contributed by atoms with Crippen molar-refractivity contribution in [3.8, 4) is 0 Å². The van der Waals surface area contributed by atoms with E-state index in [-0.39, 0.29) is 5.91 Å². The second-order valence-electron chi connectivity index (χ2n) is 6.09. The predicted molar refractivity (Wildman–Crippen MR) is 102 cm³/mol. The van der Waals surface area contributed by atoms with Gasteiger partial charge in [0.25, 0.3) is 5.91 Å². The van der Waals surface area contributed by atoms with Crippen LogP contribution in [0.1, 0.15) is 27.0 Å². The topological polar surface area (TPSA) is 54.0 Å². The molecule has 0 bridgehead atoms. The van der Waals surface area contributed by atoms with Crippen LogP contribution in [0.4, 0.5) is 11.5 Å². The summed E-state index contributed by atoms with van der Waals surface area (Å²) in [6.07, 6.45) is 1.72. The Bertz CT molecular complexity index is 855. The highest BCUT2D eigenvalue weighted by atomic mass is 16.1. The maximum Gasteiger partial charge on any atom is 0.256 e. The lowest BCUT2D eigenvalue weighted by Gasteiger charge is -2.09. The van der Waals surface area contributed by atoms with Gasteiger partial charge in [-0.1, -0.05) is 47.5 Å². The van der Waals surface area contributed by atoms with Crippen molar-refractivity contribution in [2.75, 3.05) is 10.6 Å². The Kier molecular flexibility index (Phi) is 5.09. The molecule has 2 N–H and O–H groups in total. The van der Waals surface area contributed by atoms with E-state index in [9.17, 15) is 4.79 Å². The lowest BCUT2D eigenvalue weighted by Crippen LogP contribution is -2.12. The van der Waals surface area contributed by atoms with Crippen LogP contribution in [0.5, 0.6) is 0 Å². The molecule has 4 heteroatoms. The van der Waals surface area contributed by atoms with E-state index in [0.717, 1.165) is 17.8 Å². The molecule has 0 spiro atoms. The molecule has 2 aromatic carbocycles. The number of nitrogens with zero attached hydrogens (tertiary/aromatic N) is 1. The molecule has 3 rings (SSSR count). The van der Waals surface area contributed by atoms with Crippen molar-refractivity contribution in [1.82, 2.24) is 4.98 Å².